The van der Waals surface area contributed by atoms with Gasteiger partial charge in [0.2, 0.25) is 5.91 Å². The van der Waals surface area contributed by atoms with E-state index < -0.39 is 0 Å². The summed E-state index contributed by atoms with van der Waals surface area (Å²) in [4.78, 5) is 24.2. The first-order valence-corrected chi connectivity index (χ1v) is 15.3. The Hall–Kier alpha value is -2.19. The SMILES string of the molecule is O=C(CCCCC1CCSS1)N1CCC(c2nccn2Cc2nccn2Cc2ccccc2)CC1. The Kier molecular flexibility index (Phi) is 8.52. The summed E-state index contributed by atoms with van der Waals surface area (Å²) in [6, 6.07) is 10.5. The molecule has 1 atom stereocenters. The van der Waals surface area contributed by atoms with E-state index in [1.807, 2.05) is 40.0 Å². The second-order valence-corrected chi connectivity index (χ2v) is 12.4. The number of rotatable bonds is 10. The van der Waals surface area contributed by atoms with E-state index in [2.05, 4.69) is 55.7 Å². The molecule has 2 aliphatic heterocycles. The van der Waals surface area contributed by atoms with Gasteiger partial charge in [-0.1, -0.05) is 58.3 Å². The van der Waals surface area contributed by atoms with Crippen LogP contribution in [0.3, 0.4) is 0 Å². The summed E-state index contributed by atoms with van der Waals surface area (Å²) >= 11 is 0. The van der Waals surface area contributed by atoms with Crippen LogP contribution in [-0.4, -0.2) is 54.0 Å². The van der Waals surface area contributed by atoms with Gasteiger partial charge in [-0.2, -0.15) is 0 Å². The van der Waals surface area contributed by atoms with E-state index in [4.69, 9.17) is 4.98 Å². The van der Waals surface area contributed by atoms with Crippen LogP contribution in [0, 0.1) is 0 Å². The molecule has 1 unspecified atom stereocenters. The van der Waals surface area contributed by atoms with E-state index in [-0.39, 0.29) is 0 Å². The first-order valence-electron chi connectivity index (χ1n) is 12.9. The van der Waals surface area contributed by atoms with Crippen LogP contribution in [0.15, 0.2) is 55.1 Å². The molecule has 2 aromatic heterocycles. The van der Waals surface area contributed by atoms with Crippen molar-refractivity contribution in [2.24, 2.45) is 0 Å². The van der Waals surface area contributed by atoms with E-state index >= 15 is 0 Å². The lowest BCUT2D eigenvalue weighted by atomic mass is 9.95. The fraction of sp³-hybridized carbons (Fsp3) is 0.519. The van der Waals surface area contributed by atoms with Gasteiger partial charge in [-0.15, -0.1) is 0 Å². The normalized spacial score (nSPS) is 18.9. The third kappa shape index (κ3) is 6.53. The number of benzene rings is 1. The Morgan fingerprint density at radius 2 is 1.74 bits per heavy atom. The molecule has 0 aliphatic carbocycles. The van der Waals surface area contributed by atoms with Gasteiger partial charge in [-0.05, 0) is 37.7 Å². The number of unbranched alkanes of at least 4 members (excludes halogenated alkanes) is 1. The van der Waals surface area contributed by atoms with Crippen molar-refractivity contribution in [3.05, 3.63) is 72.3 Å². The lowest BCUT2D eigenvalue weighted by molar-refractivity contribution is -0.132. The number of carbonyl (C=O) groups is 1. The van der Waals surface area contributed by atoms with Gasteiger partial charge in [0.05, 0.1) is 6.54 Å². The van der Waals surface area contributed by atoms with Gasteiger partial charge < -0.3 is 14.0 Å². The van der Waals surface area contributed by atoms with E-state index in [0.29, 0.717) is 24.8 Å². The van der Waals surface area contributed by atoms with Gasteiger partial charge >= 0.3 is 0 Å². The molecule has 6 nitrogen and oxygen atoms in total. The molecule has 1 amide bonds. The fourth-order valence-corrected chi connectivity index (χ4v) is 8.17. The van der Waals surface area contributed by atoms with Crippen LogP contribution in [0.2, 0.25) is 0 Å². The Morgan fingerprint density at radius 3 is 2.54 bits per heavy atom. The maximum atomic E-state index is 12.7. The minimum atomic E-state index is 0.336. The highest BCUT2D eigenvalue weighted by molar-refractivity contribution is 8.77. The van der Waals surface area contributed by atoms with E-state index in [1.54, 1.807) is 0 Å². The van der Waals surface area contributed by atoms with Gasteiger partial charge in [-0.25, -0.2) is 9.97 Å². The third-order valence-electron chi connectivity index (χ3n) is 7.16. The van der Waals surface area contributed by atoms with Crippen molar-refractivity contribution in [1.82, 2.24) is 24.0 Å². The van der Waals surface area contributed by atoms with E-state index in [0.717, 1.165) is 55.8 Å². The topological polar surface area (TPSA) is 56.0 Å². The highest BCUT2D eigenvalue weighted by Gasteiger charge is 2.26. The molecule has 2 fully saturated rings. The molecule has 2 saturated heterocycles. The molecule has 0 spiro atoms. The zero-order valence-corrected chi connectivity index (χ0v) is 21.9. The zero-order chi connectivity index (χ0) is 23.9. The lowest BCUT2D eigenvalue weighted by Gasteiger charge is -2.32. The van der Waals surface area contributed by atoms with Crippen molar-refractivity contribution in [1.29, 1.82) is 0 Å². The molecule has 1 aromatic carbocycles. The molecule has 8 heteroatoms. The van der Waals surface area contributed by atoms with E-state index in [1.165, 1.54) is 30.6 Å². The van der Waals surface area contributed by atoms with Crippen LogP contribution in [0.4, 0.5) is 0 Å². The number of hydrogen-bond acceptors (Lipinski definition) is 5. The second kappa shape index (κ2) is 12.2. The Bertz CT molecular complexity index is 1070. The molecule has 0 N–H and O–H groups in total. The number of amides is 1. The first-order chi connectivity index (χ1) is 17.3. The van der Waals surface area contributed by atoms with Crippen LogP contribution in [0.25, 0.3) is 0 Å². The van der Waals surface area contributed by atoms with Gasteiger partial charge in [0.15, 0.2) is 0 Å². The van der Waals surface area contributed by atoms with Crippen molar-refractivity contribution < 1.29 is 4.79 Å². The number of aromatic nitrogens is 4. The molecular formula is C27H35N5OS2. The summed E-state index contributed by atoms with van der Waals surface area (Å²) in [5.74, 6) is 4.18. The smallest absolute Gasteiger partial charge is 0.222 e. The van der Waals surface area contributed by atoms with Gasteiger partial charge in [0.1, 0.15) is 11.6 Å². The van der Waals surface area contributed by atoms with Gasteiger partial charge in [0.25, 0.3) is 0 Å². The number of likely N-dealkylation sites (tertiary alicyclic amines) is 1. The summed E-state index contributed by atoms with van der Waals surface area (Å²) in [5.41, 5.74) is 1.27. The molecule has 5 rings (SSSR count). The molecule has 35 heavy (non-hydrogen) atoms. The van der Waals surface area contributed by atoms with Crippen molar-refractivity contribution in [3.63, 3.8) is 0 Å². The monoisotopic (exact) mass is 509 g/mol. The molecule has 0 radical (unpaired) electrons. The number of imidazole rings is 2. The largest absolute Gasteiger partial charge is 0.343 e. The number of hydrogen-bond donors (Lipinski definition) is 0. The molecule has 2 aliphatic rings. The number of nitrogens with zero attached hydrogens (tertiary/aromatic N) is 5. The molecule has 0 saturated carbocycles. The first kappa shape index (κ1) is 24.5. The standard InChI is InChI=1S/C27H35N5OS2/c33-26(9-5-4-8-24-12-19-34-35-24)30-15-10-23(11-16-30)27-29-14-18-32(27)21-25-28-13-17-31(25)20-22-6-2-1-3-7-22/h1-3,6-7,13-14,17-18,23-24H,4-5,8-12,15-16,19-21H2. The average Bonchev–Trinajstić information content (AvgIpc) is 3.66. The van der Waals surface area contributed by atoms with Gasteiger partial charge in [0, 0.05) is 67.8 Å². The minimum Gasteiger partial charge on any atom is -0.343 e. The minimum absolute atomic E-state index is 0.336. The average molecular weight is 510 g/mol. The summed E-state index contributed by atoms with van der Waals surface area (Å²) in [6.07, 6.45) is 15.4. The maximum Gasteiger partial charge on any atom is 0.222 e. The Balaban J connectivity index is 1.11. The number of carbonyl (C=O) groups excluding carboxylic acids is 1. The fourth-order valence-electron chi connectivity index (χ4n) is 5.14. The van der Waals surface area contributed by atoms with Crippen LogP contribution in [0.1, 0.15) is 68.1 Å². The predicted octanol–water partition coefficient (Wildman–Crippen LogP) is 5.60. The number of piperidine rings is 1. The lowest BCUT2D eigenvalue weighted by Crippen LogP contribution is -2.38. The Labute approximate surface area is 216 Å². The van der Waals surface area contributed by atoms with E-state index in [9.17, 15) is 4.79 Å². The molecule has 4 heterocycles. The van der Waals surface area contributed by atoms with Crippen molar-refractivity contribution in [2.75, 3.05) is 18.8 Å². The summed E-state index contributed by atoms with van der Waals surface area (Å²) in [5, 5.41) is 0.811. The zero-order valence-electron chi connectivity index (χ0n) is 20.3. The van der Waals surface area contributed by atoms with Crippen molar-refractivity contribution in [3.8, 4) is 0 Å². The Morgan fingerprint density at radius 1 is 0.943 bits per heavy atom. The third-order valence-corrected chi connectivity index (χ3v) is 10.2. The summed E-state index contributed by atoms with van der Waals surface area (Å²) in [7, 11) is 4.04. The molecule has 0 bridgehead atoms. The predicted molar refractivity (Wildman–Crippen MR) is 145 cm³/mol. The van der Waals surface area contributed by atoms with Crippen LogP contribution in [-0.2, 0) is 17.9 Å². The summed E-state index contributed by atoms with van der Waals surface area (Å²) < 4.78 is 4.45. The van der Waals surface area contributed by atoms with Crippen molar-refractivity contribution >= 4 is 27.5 Å². The summed E-state index contributed by atoms with van der Waals surface area (Å²) in [6.45, 7) is 3.22. The second-order valence-electron chi connectivity index (χ2n) is 9.60. The van der Waals surface area contributed by atoms with Crippen LogP contribution in [0.5, 0.6) is 0 Å². The molecule has 3 aromatic rings. The highest BCUT2D eigenvalue weighted by Crippen LogP contribution is 2.40. The maximum absolute atomic E-state index is 12.7. The quantitative estimate of drug-likeness (QED) is 0.263. The molecule has 186 valence electrons. The van der Waals surface area contributed by atoms with Crippen LogP contribution < -0.4 is 0 Å². The molecular weight excluding hydrogens is 474 g/mol. The van der Waals surface area contributed by atoms with Crippen molar-refractivity contribution in [2.45, 2.75) is 69.2 Å². The van der Waals surface area contributed by atoms with Gasteiger partial charge in [-0.3, -0.25) is 4.79 Å². The highest BCUT2D eigenvalue weighted by atomic mass is 33.1. The van der Waals surface area contributed by atoms with Crippen LogP contribution >= 0.6 is 21.6 Å².